The number of carbonyl (C=O) groups excluding carboxylic acids is 1. The fourth-order valence-electron chi connectivity index (χ4n) is 4.87. The second-order valence-corrected chi connectivity index (χ2v) is 9.08. The van der Waals surface area contributed by atoms with Crippen molar-refractivity contribution in [2.45, 2.75) is 31.0 Å². The largest absolute Gasteiger partial charge is 0.501 e. The van der Waals surface area contributed by atoms with Crippen LogP contribution < -0.4 is 5.73 Å². The lowest BCUT2D eigenvalue weighted by Crippen LogP contribution is -2.44. The topological polar surface area (TPSA) is 94.6 Å². The number of carbonyl (C=O) groups is 1. The standard InChI is InChI=1S/C28H21F3N2O4/c1-27-13-19(35-2)11-12-21(27)24-23(26(34)37-27)22(20(14-32)25(33)36-24)17-5-3-15(4-6-17)16-7-9-18(10-8-16)28(29,30)31/h3-12,22H,13,33H2,1-2H3. The van der Waals surface area contributed by atoms with Crippen LogP contribution in [0.2, 0.25) is 0 Å². The number of rotatable bonds is 3. The molecule has 37 heavy (non-hydrogen) atoms. The summed E-state index contributed by atoms with van der Waals surface area (Å²) in [4.78, 5) is 13.3. The molecule has 1 aliphatic carbocycles. The molecule has 5 rings (SSSR count). The molecule has 0 amide bonds. The van der Waals surface area contributed by atoms with E-state index in [9.17, 15) is 23.2 Å². The zero-order chi connectivity index (χ0) is 26.5. The molecule has 2 aromatic rings. The molecule has 2 aromatic carbocycles. The molecule has 2 heterocycles. The van der Waals surface area contributed by atoms with Crippen LogP contribution in [0.15, 0.2) is 94.8 Å². The van der Waals surface area contributed by atoms with Crippen LogP contribution in [0.25, 0.3) is 11.1 Å². The monoisotopic (exact) mass is 506 g/mol. The number of allylic oxidation sites excluding steroid dienone is 3. The minimum Gasteiger partial charge on any atom is -0.501 e. The first kappa shape index (κ1) is 24.3. The third-order valence-corrected chi connectivity index (χ3v) is 6.77. The number of benzene rings is 2. The maximum atomic E-state index is 13.3. The average Bonchev–Trinajstić information content (AvgIpc) is 2.87. The third kappa shape index (κ3) is 4.04. The molecule has 0 radical (unpaired) electrons. The van der Waals surface area contributed by atoms with E-state index in [4.69, 9.17) is 19.9 Å². The van der Waals surface area contributed by atoms with Gasteiger partial charge >= 0.3 is 12.1 Å². The van der Waals surface area contributed by atoms with Crippen molar-refractivity contribution >= 4 is 5.97 Å². The molecule has 0 bridgehead atoms. The van der Waals surface area contributed by atoms with Gasteiger partial charge in [0.05, 0.1) is 29.9 Å². The lowest BCUT2D eigenvalue weighted by Gasteiger charge is -2.42. The van der Waals surface area contributed by atoms with Gasteiger partial charge in [0.15, 0.2) is 0 Å². The van der Waals surface area contributed by atoms with E-state index >= 15 is 0 Å². The highest BCUT2D eigenvalue weighted by molar-refractivity contribution is 5.96. The summed E-state index contributed by atoms with van der Waals surface area (Å²) in [6.45, 7) is 1.75. The Balaban J connectivity index is 1.57. The van der Waals surface area contributed by atoms with E-state index < -0.39 is 29.2 Å². The maximum Gasteiger partial charge on any atom is 0.416 e. The highest BCUT2D eigenvalue weighted by Crippen LogP contribution is 2.50. The van der Waals surface area contributed by atoms with Gasteiger partial charge in [0.1, 0.15) is 23.0 Å². The fraction of sp³-hybridized carbons (Fsp3) is 0.214. The average molecular weight is 506 g/mol. The quantitative estimate of drug-likeness (QED) is 0.544. The third-order valence-electron chi connectivity index (χ3n) is 6.77. The molecule has 2 unspecified atom stereocenters. The van der Waals surface area contributed by atoms with Crippen LogP contribution in [0.5, 0.6) is 0 Å². The van der Waals surface area contributed by atoms with Gasteiger partial charge in [-0.3, -0.25) is 0 Å². The smallest absolute Gasteiger partial charge is 0.416 e. The Morgan fingerprint density at radius 2 is 1.70 bits per heavy atom. The number of hydrogen-bond donors (Lipinski definition) is 1. The van der Waals surface area contributed by atoms with Crippen LogP contribution >= 0.6 is 0 Å². The number of nitrogens with two attached hydrogens (primary N) is 1. The highest BCUT2D eigenvalue weighted by atomic mass is 19.4. The van der Waals surface area contributed by atoms with Crippen molar-refractivity contribution in [2.24, 2.45) is 5.73 Å². The lowest BCUT2D eigenvalue weighted by molar-refractivity contribution is -0.153. The van der Waals surface area contributed by atoms with Crippen molar-refractivity contribution in [3.8, 4) is 17.2 Å². The summed E-state index contributed by atoms with van der Waals surface area (Å²) in [6.07, 6.45) is -0.601. The number of esters is 1. The zero-order valence-corrected chi connectivity index (χ0v) is 19.8. The number of fused-ring (bicyclic) bond motifs is 2. The molecule has 2 aliphatic heterocycles. The van der Waals surface area contributed by atoms with E-state index in [0.717, 1.165) is 12.1 Å². The van der Waals surface area contributed by atoms with Gasteiger partial charge in [0.2, 0.25) is 5.88 Å². The molecular formula is C28H21F3N2O4. The molecule has 9 heteroatoms. The Kier molecular flexibility index (Phi) is 5.63. The molecular weight excluding hydrogens is 485 g/mol. The van der Waals surface area contributed by atoms with Gasteiger partial charge in [-0.1, -0.05) is 36.4 Å². The first-order chi connectivity index (χ1) is 17.6. The van der Waals surface area contributed by atoms with E-state index in [1.54, 1.807) is 43.3 Å². The fourth-order valence-corrected chi connectivity index (χ4v) is 4.87. The maximum absolute atomic E-state index is 13.3. The normalized spacial score (nSPS) is 23.1. The van der Waals surface area contributed by atoms with Crippen LogP contribution in [0, 0.1) is 11.3 Å². The number of hydrogen-bond acceptors (Lipinski definition) is 6. The van der Waals surface area contributed by atoms with E-state index in [0.29, 0.717) is 34.4 Å². The van der Waals surface area contributed by atoms with Gasteiger partial charge in [0.25, 0.3) is 0 Å². The molecule has 0 spiro atoms. The van der Waals surface area contributed by atoms with E-state index in [-0.39, 0.29) is 22.8 Å². The number of methoxy groups -OCH3 is 1. The Morgan fingerprint density at radius 1 is 1.08 bits per heavy atom. The summed E-state index contributed by atoms with van der Waals surface area (Å²) in [5.74, 6) is -0.711. The lowest BCUT2D eigenvalue weighted by atomic mass is 9.76. The second kappa shape index (κ2) is 8.59. The summed E-state index contributed by atoms with van der Waals surface area (Å²) >= 11 is 0. The molecule has 2 N–H and O–H groups in total. The molecule has 0 aromatic heterocycles. The minimum absolute atomic E-state index is 0.0612. The summed E-state index contributed by atoms with van der Waals surface area (Å²) in [7, 11) is 1.53. The number of nitriles is 1. The van der Waals surface area contributed by atoms with Crippen molar-refractivity contribution < 1.29 is 32.2 Å². The molecule has 0 fully saturated rings. The summed E-state index contributed by atoms with van der Waals surface area (Å²) in [5, 5.41) is 9.87. The Labute approximate surface area is 210 Å². The van der Waals surface area contributed by atoms with Gasteiger partial charge in [-0.25, -0.2) is 4.79 Å². The van der Waals surface area contributed by atoms with Crippen LogP contribution in [0.1, 0.15) is 30.4 Å². The summed E-state index contributed by atoms with van der Waals surface area (Å²) in [6, 6.07) is 13.7. The Hall–Kier alpha value is -4.45. The minimum atomic E-state index is -4.42. The van der Waals surface area contributed by atoms with Crippen LogP contribution in [0.3, 0.4) is 0 Å². The Morgan fingerprint density at radius 3 is 2.27 bits per heavy atom. The molecule has 0 saturated carbocycles. The number of ether oxygens (including phenoxy) is 3. The summed E-state index contributed by atoms with van der Waals surface area (Å²) in [5.41, 5.74) is 7.04. The van der Waals surface area contributed by atoms with Crippen molar-refractivity contribution in [1.29, 1.82) is 5.26 Å². The molecule has 188 valence electrons. The van der Waals surface area contributed by atoms with Crippen molar-refractivity contribution in [1.82, 2.24) is 0 Å². The Bertz CT molecular complexity index is 1460. The van der Waals surface area contributed by atoms with Gasteiger partial charge in [-0.2, -0.15) is 18.4 Å². The van der Waals surface area contributed by atoms with E-state index in [1.165, 1.54) is 19.2 Å². The number of halogens is 3. The predicted molar refractivity (Wildman–Crippen MR) is 127 cm³/mol. The SMILES string of the molecule is COC1=CC=C2C3=C(C(=O)OC2(C)C1)C(c1ccc(-c2ccc(C(F)(F)F)cc2)cc1)C(C#N)=C(N)O3. The summed E-state index contributed by atoms with van der Waals surface area (Å²) < 4.78 is 55.7. The van der Waals surface area contributed by atoms with Gasteiger partial charge in [0, 0.05) is 12.0 Å². The highest BCUT2D eigenvalue weighted by Gasteiger charge is 2.50. The van der Waals surface area contributed by atoms with Crippen LogP contribution in [-0.4, -0.2) is 18.7 Å². The first-order valence-corrected chi connectivity index (χ1v) is 11.3. The van der Waals surface area contributed by atoms with Crippen molar-refractivity contribution in [3.63, 3.8) is 0 Å². The van der Waals surface area contributed by atoms with Gasteiger partial charge < -0.3 is 19.9 Å². The zero-order valence-electron chi connectivity index (χ0n) is 19.8. The molecule has 0 saturated heterocycles. The van der Waals surface area contributed by atoms with Crippen molar-refractivity contribution in [3.05, 3.63) is 106 Å². The predicted octanol–water partition coefficient (Wildman–Crippen LogP) is 5.61. The molecule has 2 atom stereocenters. The first-order valence-electron chi connectivity index (χ1n) is 11.3. The van der Waals surface area contributed by atoms with Gasteiger partial charge in [-0.15, -0.1) is 0 Å². The molecule has 3 aliphatic rings. The number of nitrogens with zero attached hydrogens (tertiary/aromatic N) is 1. The van der Waals surface area contributed by atoms with E-state index in [2.05, 4.69) is 0 Å². The van der Waals surface area contributed by atoms with Crippen LogP contribution in [0.4, 0.5) is 13.2 Å². The van der Waals surface area contributed by atoms with Gasteiger partial charge in [-0.05, 0) is 47.9 Å². The van der Waals surface area contributed by atoms with E-state index in [1.807, 2.05) is 6.07 Å². The number of alkyl halides is 3. The molecule has 6 nitrogen and oxygen atoms in total. The second-order valence-electron chi connectivity index (χ2n) is 9.08. The van der Waals surface area contributed by atoms with Crippen molar-refractivity contribution in [2.75, 3.05) is 7.11 Å². The van der Waals surface area contributed by atoms with Crippen LogP contribution in [-0.2, 0) is 25.2 Å².